The Kier molecular flexibility index (Phi) is 27.2. The maximum absolute atomic E-state index is 8.57. The van der Waals surface area contributed by atoms with Gasteiger partial charge in [0.1, 0.15) is 0 Å². The van der Waals surface area contributed by atoms with E-state index in [4.69, 9.17) is 10.3 Å². The summed E-state index contributed by atoms with van der Waals surface area (Å²) in [5.41, 5.74) is 0. The van der Waals surface area contributed by atoms with Crippen molar-refractivity contribution in [3.05, 3.63) is 0 Å². The molecule has 29 heavy (non-hydrogen) atoms. The van der Waals surface area contributed by atoms with Crippen molar-refractivity contribution in [1.82, 2.24) is 0 Å². The Balaban J connectivity index is 0. The number of hydrogen-bond donors (Lipinski definition) is 0. The van der Waals surface area contributed by atoms with Crippen LogP contribution in [0.15, 0.2) is 0 Å². The van der Waals surface area contributed by atoms with Crippen LogP contribution in [0.3, 0.4) is 0 Å². The summed E-state index contributed by atoms with van der Waals surface area (Å²) >= 11 is -4.01. The van der Waals surface area contributed by atoms with Crippen molar-refractivity contribution in [1.29, 1.82) is 0 Å². The number of rotatable bonds is 20. The van der Waals surface area contributed by atoms with Crippen LogP contribution in [-0.4, -0.2) is 30.7 Å². The molecule has 0 atom stereocenters. The lowest BCUT2D eigenvalue weighted by atomic mass is 10.1. The summed E-state index contributed by atoms with van der Waals surface area (Å²) in [5, 5.41) is 0. The largest absolute Gasteiger partial charge is 0.427 e. The Bertz CT molecular complexity index is 248. The van der Waals surface area contributed by atoms with Gasteiger partial charge in [0.05, 0.1) is 26.2 Å². The number of nitrogens with zero attached hydrogens (tertiary/aromatic N) is 1. The lowest BCUT2D eigenvalue weighted by Gasteiger charge is -2.39. The van der Waals surface area contributed by atoms with E-state index in [-0.39, 0.29) is 0 Å². The molecule has 0 fully saturated rings. The highest BCUT2D eigenvalue weighted by Gasteiger charge is 2.25. The van der Waals surface area contributed by atoms with E-state index >= 15 is 0 Å². The Hall–Kier alpha value is 0.570. The molecular weight excluding hydrogens is 477 g/mol. The average Bonchev–Trinajstić information content (AvgIpc) is 2.69. The van der Waals surface area contributed by atoms with E-state index in [0.29, 0.717) is 0 Å². The fourth-order valence-electron chi connectivity index (χ4n) is 4.17. The Morgan fingerprint density at radius 2 is 0.621 bits per heavy atom. The van der Waals surface area contributed by atoms with Gasteiger partial charge < -0.3 is 14.8 Å². The van der Waals surface area contributed by atoms with E-state index in [0.717, 1.165) is 0 Å². The second kappa shape index (κ2) is 24.8. The third kappa shape index (κ3) is 24.7. The second-order valence-electron chi connectivity index (χ2n) is 8.67. The molecule has 0 saturated carbocycles. The fourth-order valence-corrected chi connectivity index (χ4v) is 4.17. The molecule has 0 radical (unpaired) electrons. The predicted molar refractivity (Wildman–Crippen MR) is 116 cm³/mol. The van der Waals surface area contributed by atoms with E-state index in [2.05, 4.69) is 27.7 Å². The van der Waals surface area contributed by atoms with Crippen molar-refractivity contribution in [3.63, 3.8) is 0 Å². The van der Waals surface area contributed by atoms with Crippen LogP contribution in [0.5, 0.6) is 0 Å². The minimum Gasteiger partial charge on any atom is -0.427 e. The van der Waals surface area contributed by atoms with Gasteiger partial charge in [0, 0.05) is 0 Å². The van der Waals surface area contributed by atoms with E-state index in [1.807, 2.05) is 0 Å². The van der Waals surface area contributed by atoms with Gasteiger partial charge in [-0.15, -0.1) is 0 Å². The molecule has 4 nitrogen and oxygen atoms in total. The van der Waals surface area contributed by atoms with Crippen LogP contribution in [0.25, 0.3) is 0 Å². The van der Waals surface area contributed by atoms with Crippen molar-refractivity contribution >= 4 is 0 Å². The summed E-state index contributed by atoms with van der Waals surface area (Å²) < 4.78 is 27.2. The number of halogens is 1. The normalized spacial score (nSPS) is 11.6. The molecular formula is C24H52INO3. The van der Waals surface area contributed by atoms with Gasteiger partial charge in [0.15, 0.2) is 0 Å². The highest BCUT2D eigenvalue weighted by atomic mass is 127. The summed E-state index contributed by atoms with van der Waals surface area (Å²) in [6, 6.07) is 0. The van der Waals surface area contributed by atoms with Crippen LogP contribution in [0.2, 0.25) is 0 Å². The van der Waals surface area contributed by atoms with Crippen molar-refractivity contribution in [2.45, 2.75) is 130 Å². The molecule has 0 aliphatic rings. The summed E-state index contributed by atoms with van der Waals surface area (Å²) in [5.74, 6) is 0. The molecule has 0 heterocycles. The lowest BCUT2D eigenvalue weighted by Crippen LogP contribution is -4.05. The molecule has 5 heteroatoms. The van der Waals surface area contributed by atoms with Gasteiger partial charge in [-0.3, -0.25) is 0 Å². The van der Waals surface area contributed by atoms with Gasteiger partial charge in [-0.25, -0.2) is 0 Å². The Morgan fingerprint density at radius 1 is 0.414 bits per heavy atom. The van der Waals surface area contributed by atoms with Crippen LogP contribution in [-0.2, 0) is 0 Å². The first-order valence-electron chi connectivity index (χ1n) is 12.6. The van der Waals surface area contributed by atoms with Crippen molar-refractivity contribution < 1.29 is 35.9 Å². The maximum atomic E-state index is 8.57. The van der Waals surface area contributed by atoms with E-state index in [1.165, 1.54) is 133 Å². The predicted octanol–water partition coefficient (Wildman–Crippen LogP) is 1.56. The van der Waals surface area contributed by atoms with Crippen molar-refractivity contribution in [2.75, 3.05) is 26.2 Å². The van der Waals surface area contributed by atoms with Gasteiger partial charge in [0.2, 0.25) is 0 Å². The number of quaternary nitrogens is 1. The third-order valence-corrected chi connectivity index (χ3v) is 5.94. The van der Waals surface area contributed by atoms with Gasteiger partial charge in [-0.2, -0.15) is 0 Å². The molecule has 0 aromatic heterocycles. The van der Waals surface area contributed by atoms with Crippen molar-refractivity contribution in [3.8, 4) is 0 Å². The molecule has 0 N–H and O–H groups in total. The maximum Gasteiger partial charge on any atom is 0.282 e. The zero-order valence-electron chi connectivity index (χ0n) is 20.2. The zero-order chi connectivity index (χ0) is 22.2. The summed E-state index contributed by atoms with van der Waals surface area (Å²) in [6.07, 6.45) is 22.8. The molecule has 0 aromatic rings. The van der Waals surface area contributed by atoms with Crippen LogP contribution in [0.1, 0.15) is 130 Å². The van der Waals surface area contributed by atoms with E-state index in [9.17, 15) is 0 Å². The quantitative estimate of drug-likeness (QED) is 0.137. The Morgan fingerprint density at radius 3 is 0.793 bits per heavy atom. The molecule has 0 aliphatic heterocycles. The Labute approximate surface area is 192 Å². The van der Waals surface area contributed by atoms with Crippen LogP contribution >= 0.6 is 0 Å². The second-order valence-corrected chi connectivity index (χ2v) is 9.75. The van der Waals surface area contributed by atoms with Crippen LogP contribution in [0.4, 0.5) is 0 Å². The summed E-state index contributed by atoms with van der Waals surface area (Å²) in [7, 11) is 0. The SMILES string of the molecule is CCCCCC[N+](CCCCCC)(CCCCCC)CCCCCC.[O-][I+2]([O-])[O-]. The first kappa shape index (κ1) is 31.8. The molecule has 0 saturated heterocycles. The van der Waals surface area contributed by atoms with Gasteiger partial charge in [-0.1, -0.05) is 79.1 Å². The summed E-state index contributed by atoms with van der Waals surface area (Å²) in [4.78, 5) is 0. The molecule has 0 aliphatic carbocycles. The van der Waals surface area contributed by atoms with Crippen LogP contribution < -0.4 is 31.4 Å². The topological polar surface area (TPSA) is 69.2 Å². The highest BCUT2D eigenvalue weighted by molar-refractivity contribution is 4.53. The molecule has 0 unspecified atom stereocenters. The molecule has 0 rings (SSSR count). The lowest BCUT2D eigenvalue weighted by molar-refractivity contribution is -1.73. The van der Waals surface area contributed by atoms with Gasteiger partial charge in [-0.05, 0) is 51.4 Å². The smallest absolute Gasteiger partial charge is 0.282 e. The third-order valence-electron chi connectivity index (χ3n) is 5.94. The molecule has 0 spiro atoms. The molecule has 0 bridgehead atoms. The van der Waals surface area contributed by atoms with E-state index in [1.54, 1.807) is 0 Å². The standard InChI is InChI=1S/C24H52N.IO3/c1-5-9-13-17-21-25(22-18-14-10-6-2,23-19-15-11-7-3)24-20-16-12-8-4;2-1(3)4/h5-24H2,1-4H3;/q+1;-1. The van der Waals surface area contributed by atoms with Gasteiger partial charge >= 0.3 is 0 Å². The van der Waals surface area contributed by atoms with E-state index < -0.39 is 21.1 Å². The number of unbranched alkanes of at least 4 members (excludes halogenated alkanes) is 12. The highest BCUT2D eigenvalue weighted by Crippen LogP contribution is 2.19. The van der Waals surface area contributed by atoms with Gasteiger partial charge in [0.25, 0.3) is 21.1 Å². The molecule has 0 amide bonds. The first-order valence-corrected chi connectivity index (χ1v) is 15.2. The van der Waals surface area contributed by atoms with Crippen molar-refractivity contribution in [2.24, 2.45) is 0 Å². The first-order chi connectivity index (χ1) is 14.0. The fraction of sp³-hybridized carbons (Fsp3) is 1.00. The monoisotopic (exact) mass is 529 g/mol. The summed E-state index contributed by atoms with van der Waals surface area (Å²) in [6.45, 7) is 15.2. The molecule has 0 aromatic carbocycles. The number of hydrogen-bond acceptors (Lipinski definition) is 3. The average molecular weight is 530 g/mol. The minimum absolute atomic E-state index is 1.36. The molecule has 178 valence electrons. The zero-order valence-corrected chi connectivity index (χ0v) is 22.3. The van der Waals surface area contributed by atoms with Crippen LogP contribution in [0, 0.1) is 0 Å². The minimum atomic E-state index is -4.01.